The number of aliphatic hydroxyl groups is 2. The predicted molar refractivity (Wildman–Crippen MR) is 70.0 cm³/mol. The molecule has 2 aliphatic carbocycles. The Morgan fingerprint density at radius 3 is 2.50 bits per heavy atom. The van der Waals surface area contributed by atoms with E-state index in [1.54, 1.807) is 0 Å². The van der Waals surface area contributed by atoms with Crippen molar-refractivity contribution < 1.29 is 15.0 Å². The molecule has 2 rings (SSSR count). The molecule has 0 spiro atoms. The van der Waals surface area contributed by atoms with Gasteiger partial charge in [-0.3, -0.25) is 4.79 Å². The lowest BCUT2D eigenvalue weighted by Crippen LogP contribution is -2.48. The fourth-order valence-corrected chi connectivity index (χ4v) is 4.02. The van der Waals surface area contributed by atoms with Crippen LogP contribution in [0.25, 0.3) is 0 Å². The number of hydrogen-bond donors (Lipinski definition) is 2. The Morgan fingerprint density at radius 1 is 1.28 bits per heavy atom. The third-order valence-corrected chi connectivity index (χ3v) is 5.05. The summed E-state index contributed by atoms with van der Waals surface area (Å²) in [5.41, 5.74) is 2.08. The van der Waals surface area contributed by atoms with Crippen molar-refractivity contribution in [3.8, 4) is 0 Å². The maximum absolute atomic E-state index is 11.9. The Hall–Kier alpha value is -0.670. The summed E-state index contributed by atoms with van der Waals surface area (Å²) >= 11 is 0. The molecule has 3 heteroatoms. The molecular weight excluding hydrogens is 228 g/mol. The van der Waals surface area contributed by atoms with Gasteiger partial charge < -0.3 is 10.2 Å². The number of carbonyl (C=O) groups excluding carboxylic acids is 1. The number of aliphatic hydroxyl groups excluding tert-OH is 2. The van der Waals surface area contributed by atoms with Crippen molar-refractivity contribution in [2.45, 2.75) is 59.2 Å². The van der Waals surface area contributed by atoms with Crippen LogP contribution in [-0.2, 0) is 4.79 Å². The molecule has 2 N–H and O–H groups in total. The van der Waals surface area contributed by atoms with Crippen LogP contribution >= 0.6 is 0 Å². The minimum Gasteiger partial charge on any atom is -0.389 e. The first-order valence-electron chi connectivity index (χ1n) is 6.86. The van der Waals surface area contributed by atoms with Gasteiger partial charge in [-0.05, 0) is 36.7 Å². The fraction of sp³-hybridized carbons (Fsp3) is 0.800. The van der Waals surface area contributed by atoms with Gasteiger partial charge >= 0.3 is 0 Å². The first-order chi connectivity index (χ1) is 8.26. The van der Waals surface area contributed by atoms with E-state index in [-0.39, 0.29) is 17.1 Å². The van der Waals surface area contributed by atoms with Crippen molar-refractivity contribution >= 4 is 5.78 Å². The zero-order valence-corrected chi connectivity index (χ0v) is 11.7. The molecule has 0 saturated heterocycles. The van der Waals surface area contributed by atoms with Crippen molar-refractivity contribution in [2.24, 2.45) is 17.3 Å². The van der Waals surface area contributed by atoms with Crippen molar-refractivity contribution in [3.05, 3.63) is 11.1 Å². The van der Waals surface area contributed by atoms with Crippen LogP contribution in [0.5, 0.6) is 0 Å². The topological polar surface area (TPSA) is 57.5 Å². The molecule has 4 atom stereocenters. The van der Waals surface area contributed by atoms with Gasteiger partial charge in [0.25, 0.3) is 0 Å². The van der Waals surface area contributed by atoms with Crippen LogP contribution in [0.1, 0.15) is 47.0 Å². The van der Waals surface area contributed by atoms with Gasteiger partial charge in [-0.25, -0.2) is 0 Å². The number of Topliss-reactive ketones (excluding diaryl/α,β-unsaturated/α-hetero) is 1. The predicted octanol–water partition coefficient (Wildman–Crippen LogP) is 2.07. The van der Waals surface area contributed by atoms with E-state index in [9.17, 15) is 15.0 Å². The van der Waals surface area contributed by atoms with Gasteiger partial charge in [0.1, 0.15) is 6.10 Å². The highest BCUT2D eigenvalue weighted by atomic mass is 16.3. The Bertz CT molecular complexity index is 395. The molecule has 0 heterocycles. The maximum Gasteiger partial charge on any atom is 0.161 e. The molecule has 0 aromatic heterocycles. The Kier molecular flexibility index (Phi) is 3.41. The Balaban J connectivity index is 2.55. The lowest BCUT2D eigenvalue weighted by atomic mass is 9.58. The summed E-state index contributed by atoms with van der Waals surface area (Å²) in [6, 6.07) is 0. The number of allylic oxidation sites excluding steroid dienone is 1. The second-order valence-corrected chi connectivity index (χ2v) is 6.53. The lowest BCUT2D eigenvalue weighted by Gasteiger charge is -2.48. The smallest absolute Gasteiger partial charge is 0.161 e. The van der Waals surface area contributed by atoms with E-state index >= 15 is 0 Å². The standard InChI is InChI=1S/C15H24O3/c1-8-5-6-11(16)14(18)10-7-12(17)9(2)13(8)15(10,3)4/h8,10,12,14,17-18H,5-7H2,1-4H3. The van der Waals surface area contributed by atoms with Crippen LogP contribution in [0.2, 0.25) is 0 Å². The third kappa shape index (κ3) is 1.94. The van der Waals surface area contributed by atoms with Crippen LogP contribution in [0.4, 0.5) is 0 Å². The normalized spacial score (nSPS) is 40.4. The maximum atomic E-state index is 11.9. The summed E-state index contributed by atoms with van der Waals surface area (Å²) in [6.07, 6.45) is 0.265. The molecule has 0 aliphatic heterocycles. The number of rotatable bonds is 0. The molecule has 4 unspecified atom stereocenters. The first-order valence-corrected chi connectivity index (χ1v) is 6.86. The molecule has 3 nitrogen and oxygen atoms in total. The highest BCUT2D eigenvalue weighted by Gasteiger charge is 2.48. The summed E-state index contributed by atoms with van der Waals surface area (Å²) < 4.78 is 0. The van der Waals surface area contributed by atoms with Crippen molar-refractivity contribution in [1.29, 1.82) is 0 Å². The zero-order valence-electron chi connectivity index (χ0n) is 11.7. The van der Waals surface area contributed by atoms with Gasteiger partial charge in [0.15, 0.2) is 5.78 Å². The average molecular weight is 252 g/mol. The summed E-state index contributed by atoms with van der Waals surface area (Å²) in [5.74, 6) is 0.0704. The van der Waals surface area contributed by atoms with Crippen molar-refractivity contribution in [3.63, 3.8) is 0 Å². The number of carbonyl (C=O) groups is 1. The lowest BCUT2D eigenvalue weighted by molar-refractivity contribution is -0.134. The molecule has 0 aromatic carbocycles. The molecule has 102 valence electrons. The average Bonchev–Trinajstić information content (AvgIpc) is 2.28. The van der Waals surface area contributed by atoms with Gasteiger partial charge in [-0.15, -0.1) is 0 Å². The van der Waals surface area contributed by atoms with E-state index in [1.807, 2.05) is 6.92 Å². The first kappa shape index (κ1) is 13.8. The van der Waals surface area contributed by atoms with Crippen LogP contribution in [0.3, 0.4) is 0 Å². The molecule has 1 saturated carbocycles. The zero-order chi connectivity index (χ0) is 13.7. The van der Waals surface area contributed by atoms with E-state index in [0.29, 0.717) is 18.8 Å². The second kappa shape index (κ2) is 4.46. The van der Waals surface area contributed by atoms with Gasteiger partial charge in [0, 0.05) is 12.3 Å². The molecule has 2 bridgehead atoms. The van der Waals surface area contributed by atoms with E-state index in [0.717, 1.165) is 12.0 Å². The minimum absolute atomic E-state index is 0.0641. The van der Waals surface area contributed by atoms with E-state index in [2.05, 4.69) is 20.8 Å². The quantitative estimate of drug-likeness (QED) is 0.649. The molecule has 0 radical (unpaired) electrons. The Labute approximate surface area is 109 Å². The van der Waals surface area contributed by atoms with Gasteiger partial charge in [-0.1, -0.05) is 26.3 Å². The molecule has 0 aromatic rings. The molecule has 2 aliphatic rings. The third-order valence-electron chi connectivity index (χ3n) is 5.05. The monoisotopic (exact) mass is 252 g/mol. The minimum atomic E-state index is -0.926. The fourth-order valence-electron chi connectivity index (χ4n) is 4.02. The summed E-state index contributed by atoms with van der Waals surface area (Å²) in [7, 11) is 0. The van der Waals surface area contributed by atoms with Crippen LogP contribution < -0.4 is 0 Å². The molecule has 18 heavy (non-hydrogen) atoms. The van der Waals surface area contributed by atoms with Gasteiger partial charge in [0.2, 0.25) is 0 Å². The largest absolute Gasteiger partial charge is 0.389 e. The van der Waals surface area contributed by atoms with Crippen LogP contribution in [0, 0.1) is 17.3 Å². The van der Waals surface area contributed by atoms with Crippen molar-refractivity contribution in [2.75, 3.05) is 0 Å². The Morgan fingerprint density at radius 2 is 1.89 bits per heavy atom. The molecular formula is C15H24O3. The van der Waals surface area contributed by atoms with E-state index < -0.39 is 12.2 Å². The molecule has 1 fully saturated rings. The summed E-state index contributed by atoms with van der Waals surface area (Å²) in [5, 5.41) is 20.4. The number of ketones is 1. The van der Waals surface area contributed by atoms with Gasteiger partial charge in [0.05, 0.1) is 6.10 Å². The number of fused-ring (bicyclic) bond motifs is 2. The highest BCUT2D eigenvalue weighted by Crippen LogP contribution is 2.51. The second-order valence-electron chi connectivity index (χ2n) is 6.53. The van der Waals surface area contributed by atoms with Crippen LogP contribution in [-0.4, -0.2) is 28.2 Å². The SMILES string of the molecule is CC1=C2C(C)CCC(=O)C(O)C(CC1O)C2(C)C. The van der Waals surface area contributed by atoms with Crippen LogP contribution in [0.15, 0.2) is 11.1 Å². The number of hydrogen-bond acceptors (Lipinski definition) is 3. The van der Waals surface area contributed by atoms with E-state index in [1.165, 1.54) is 5.57 Å². The van der Waals surface area contributed by atoms with Crippen molar-refractivity contribution in [1.82, 2.24) is 0 Å². The summed E-state index contributed by atoms with van der Waals surface area (Å²) in [4.78, 5) is 11.9. The van der Waals surface area contributed by atoms with E-state index in [4.69, 9.17) is 0 Å². The summed E-state index contributed by atoms with van der Waals surface area (Å²) in [6.45, 7) is 8.31. The molecule has 0 amide bonds. The van der Waals surface area contributed by atoms with Gasteiger partial charge in [-0.2, -0.15) is 0 Å². The highest BCUT2D eigenvalue weighted by molar-refractivity contribution is 5.83.